The van der Waals surface area contributed by atoms with Crippen LogP contribution in [0.2, 0.25) is 0 Å². The summed E-state index contributed by atoms with van der Waals surface area (Å²) in [4.78, 5) is 61.0. The lowest BCUT2D eigenvalue weighted by molar-refractivity contribution is -0.137. The summed E-state index contributed by atoms with van der Waals surface area (Å²) in [5.74, 6) is -1.18. The number of hydrogen-bond donors (Lipinski definition) is 6. The maximum Gasteiger partial charge on any atom is 0.472 e. The number of H-pyrrole nitrogens is 2. The molecule has 2 fully saturated rings. The Morgan fingerprint density at radius 3 is 1.93 bits per heavy atom. The Morgan fingerprint density at radius 2 is 1.35 bits per heavy atom. The van der Waals surface area contributed by atoms with Crippen LogP contribution in [0.1, 0.15) is 23.6 Å². The molecule has 2 aliphatic heterocycles. The number of nitrogen functional groups attached to an aromatic ring is 1. The molecule has 5 aromatic rings. The number of imidazole rings is 1. The summed E-state index contributed by atoms with van der Waals surface area (Å²) in [6.07, 6.45) is -10.2. The van der Waals surface area contributed by atoms with Gasteiger partial charge in [0.2, 0.25) is 5.95 Å². The number of fused-ring (bicyclic) bond motifs is 1. The number of nitrogens with zero attached hydrogens (tertiary/aromatic N) is 4. The van der Waals surface area contributed by atoms with Crippen molar-refractivity contribution < 1.29 is 74.0 Å². The SMILES string of the molecule is Cc1ccc(S(=O)(=O)CCOCO[C@@H]2[C@H](O)[C@@H](COP(=O)(O)O[C@H]3[C@@H](OCOCCS(=O)(=O)c4ccc(C)cc4)[C@H](n4cnc5c(=O)[nH]c(N)nc54)O[C@@H]3CO)O[C@H]2n2ccc(=O)[nH]c2=O)cc1. The second-order valence-electron chi connectivity index (χ2n) is 15.5. The molecule has 0 radical (unpaired) electrons. The number of rotatable bonds is 22. The van der Waals surface area contributed by atoms with Crippen molar-refractivity contribution in [3.05, 3.63) is 109 Å². The largest absolute Gasteiger partial charge is 0.472 e. The van der Waals surface area contributed by atoms with E-state index >= 15 is 0 Å². The van der Waals surface area contributed by atoms with E-state index in [4.69, 9.17) is 43.2 Å². The van der Waals surface area contributed by atoms with Gasteiger partial charge in [0.05, 0.1) is 54.1 Å². The van der Waals surface area contributed by atoms with Gasteiger partial charge in [-0.3, -0.25) is 37.7 Å². The number of ether oxygens (including phenoxy) is 6. The molecule has 370 valence electrons. The van der Waals surface area contributed by atoms with Crippen LogP contribution in [0.15, 0.2) is 91.3 Å². The summed E-state index contributed by atoms with van der Waals surface area (Å²) in [5, 5.41) is 21.8. The number of phosphoric ester groups is 1. The highest BCUT2D eigenvalue weighted by molar-refractivity contribution is 7.91. The van der Waals surface area contributed by atoms with E-state index < -0.39 is 132 Å². The minimum Gasteiger partial charge on any atom is -0.394 e. The zero-order valence-corrected chi connectivity index (χ0v) is 38.7. The van der Waals surface area contributed by atoms with E-state index in [0.717, 1.165) is 34.3 Å². The lowest BCUT2D eigenvalue weighted by atomic mass is 10.1. The van der Waals surface area contributed by atoms with Crippen LogP contribution in [0, 0.1) is 13.8 Å². The minimum atomic E-state index is -5.32. The molecule has 0 aliphatic carbocycles. The number of anilines is 1. The molecule has 9 atom stereocenters. The Kier molecular flexibility index (Phi) is 15.9. The number of aliphatic hydroxyl groups is 2. The van der Waals surface area contributed by atoms with Gasteiger partial charge in [-0.15, -0.1) is 0 Å². The number of aryl methyl sites for hydroxylation is 2. The number of aliphatic hydroxyl groups excluding tert-OH is 2. The number of nitrogens with one attached hydrogen (secondary N) is 2. The topological polar surface area (TPSA) is 364 Å². The molecule has 2 aliphatic rings. The normalized spacial score (nSPS) is 24.1. The molecule has 5 heterocycles. The van der Waals surface area contributed by atoms with Crippen LogP contribution in [0.25, 0.3) is 11.2 Å². The number of phosphoric acid groups is 1. The molecule has 0 saturated carbocycles. The van der Waals surface area contributed by atoms with Crippen molar-refractivity contribution in [2.24, 2.45) is 0 Å². The molecule has 29 heteroatoms. The summed E-state index contributed by atoms with van der Waals surface area (Å²) in [5.41, 5.74) is 4.75. The lowest BCUT2D eigenvalue weighted by Crippen LogP contribution is -2.40. The zero-order chi connectivity index (χ0) is 49.0. The van der Waals surface area contributed by atoms with Crippen LogP contribution >= 0.6 is 7.82 Å². The van der Waals surface area contributed by atoms with Crippen LogP contribution in [0.4, 0.5) is 5.95 Å². The van der Waals surface area contributed by atoms with E-state index in [1.54, 1.807) is 38.1 Å². The van der Waals surface area contributed by atoms with E-state index in [0.29, 0.717) is 0 Å². The van der Waals surface area contributed by atoms with Gasteiger partial charge >= 0.3 is 13.5 Å². The van der Waals surface area contributed by atoms with Gasteiger partial charge in [-0.05, 0) is 38.1 Å². The van der Waals surface area contributed by atoms with Crippen LogP contribution in [-0.4, -0.2) is 149 Å². The fraction of sp³-hybridized carbons (Fsp3) is 0.462. The first-order chi connectivity index (χ1) is 32.3. The highest BCUT2D eigenvalue weighted by atomic mass is 32.2. The first-order valence-electron chi connectivity index (χ1n) is 20.5. The smallest absolute Gasteiger partial charge is 0.394 e. The average Bonchev–Trinajstić information content (AvgIpc) is 3.95. The minimum absolute atomic E-state index is 0.0664. The van der Waals surface area contributed by atoms with Gasteiger partial charge in [-0.1, -0.05) is 35.4 Å². The van der Waals surface area contributed by atoms with Gasteiger partial charge in [0.1, 0.15) is 50.2 Å². The van der Waals surface area contributed by atoms with Gasteiger partial charge in [0.15, 0.2) is 43.3 Å². The van der Waals surface area contributed by atoms with Gasteiger partial charge < -0.3 is 49.3 Å². The first kappa shape index (κ1) is 50.8. The van der Waals surface area contributed by atoms with Gasteiger partial charge in [-0.2, -0.15) is 4.98 Å². The zero-order valence-electron chi connectivity index (χ0n) is 36.1. The van der Waals surface area contributed by atoms with Crippen molar-refractivity contribution >= 4 is 44.6 Å². The quantitative estimate of drug-likeness (QED) is 0.0280. The van der Waals surface area contributed by atoms with Crippen LogP contribution < -0.4 is 22.5 Å². The van der Waals surface area contributed by atoms with Gasteiger partial charge in [0.25, 0.3) is 11.1 Å². The van der Waals surface area contributed by atoms with Gasteiger partial charge in [-0.25, -0.2) is 31.2 Å². The molecule has 68 heavy (non-hydrogen) atoms. The van der Waals surface area contributed by atoms with Crippen molar-refractivity contribution in [3.63, 3.8) is 0 Å². The standard InChI is InChI=1S/C39H48N7O19PS2/c1-22-3-7-24(8-4-22)67(54,55)15-13-58-20-60-32-30(49)27(64-36(32)45-12-11-28(48)42-39(45)51)18-62-66(52,53)65-31-26(17-47)63-37(46-19-41-29-34(46)43-38(40)44-35(29)50)33(31)61-21-59-14-16-68(56,57)25-9-5-23(2)6-10-25/h3-12,19,26-27,30-33,36-37,47,49H,13-18,20-21H2,1-2H3,(H,52,53)(H,42,48,51)(H3,40,43,44,50)/t26-,27-,30-,31-,32-,33-,36-,37-/m1/s1. The highest BCUT2D eigenvalue weighted by Gasteiger charge is 2.52. The molecule has 2 aromatic carbocycles. The summed E-state index contributed by atoms with van der Waals surface area (Å²) >= 11 is 0. The summed E-state index contributed by atoms with van der Waals surface area (Å²) in [6.45, 7) is -0.145. The lowest BCUT2D eigenvalue weighted by Gasteiger charge is -2.26. The van der Waals surface area contributed by atoms with Crippen molar-refractivity contribution in [2.75, 3.05) is 57.3 Å². The van der Waals surface area contributed by atoms with Crippen LogP contribution in [-0.2, 0) is 61.7 Å². The number of hydrogen-bond acceptors (Lipinski definition) is 21. The Balaban J connectivity index is 1.04. The molecule has 7 N–H and O–H groups in total. The molecule has 0 bridgehead atoms. The summed E-state index contributed by atoms with van der Waals surface area (Å²) in [7, 11) is -12.8. The Hall–Kier alpha value is -5.04. The van der Waals surface area contributed by atoms with Crippen molar-refractivity contribution in [2.45, 2.75) is 72.7 Å². The molecule has 7 rings (SSSR count). The maximum absolute atomic E-state index is 13.7. The molecule has 0 amide bonds. The second-order valence-corrected chi connectivity index (χ2v) is 21.1. The molecule has 1 unspecified atom stereocenters. The number of aromatic amines is 2. The average molecular weight is 1010 g/mol. The molecule has 26 nitrogen and oxygen atoms in total. The van der Waals surface area contributed by atoms with E-state index in [-0.39, 0.29) is 40.1 Å². The third kappa shape index (κ3) is 11.9. The van der Waals surface area contributed by atoms with Crippen molar-refractivity contribution in [1.82, 2.24) is 29.1 Å². The van der Waals surface area contributed by atoms with E-state index in [2.05, 4.69) is 15.0 Å². The number of nitrogens with two attached hydrogens (primary N) is 1. The van der Waals surface area contributed by atoms with E-state index in [1.807, 2.05) is 4.98 Å². The fourth-order valence-corrected chi connectivity index (χ4v) is 10.4. The fourth-order valence-electron chi connectivity index (χ4n) is 7.19. The van der Waals surface area contributed by atoms with Crippen LogP contribution in [0.5, 0.6) is 0 Å². The van der Waals surface area contributed by atoms with E-state index in [1.165, 1.54) is 28.8 Å². The first-order valence-corrected chi connectivity index (χ1v) is 25.3. The number of sulfone groups is 2. The molecule has 3 aromatic heterocycles. The monoisotopic (exact) mass is 1010 g/mol. The van der Waals surface area contributed by atoms with Crippen LogP contribution in [0.3, 0.4) is 0 Å². The Labute approximate surface area is 385 Å². The van der Waals surface area contributed by atoms with Crippen molar-refractivity contribution in [1.29, 1.82) is 0 Å². The summed E-state index contributed by atoms with van der Waals surface area (Å²) < 4.78 is 112. The van der Waals surface area contributed by atoms with Crippen molar-refractivity contribution in [3.8, 4) is 0 Å². The highest BCUT2D eigenvalue weighted by Crippen LogP contribution is 2.50. The third-order valence-electron chi connectivity index (χ3n) is 10.7. The Bertz CT molecular complexity index is 3000. The Morgan fingerprint density at radius 1 is 0.794 bits per heavy atom. The third-order valence-corrected chi connectivity index (χ3v) is 15.1. The maximum atomic E-state index is 13.7. The molecule has 0 spiro atoms. The van der Waals surface area contributed by atoms with E-state index in [9.17, 15) is 50.9 Å². The molecular formula is C39H48N7O19PS2. The second kappa shape index (κ2) is 21.3. The molecular weight excluding hydrogens is 966 g/mol. The summed E-state index contributed by atoms with van der Waals surface area (Å²) in [6, 6.07) is 13.4. The predicted octanol–water partition coefficient (Wildman–Crippen LogP) is -0.815. The van der Waals surface area contributed by atoms with Gasteiger partial charge in [0, 0.05) is 12.3 Å². The number of benzene rings is 2. The number of aromatic nitrogens is 6. The predicted molar refractivity (Wildman–Crippen MR) is 233 cm³/mol. The molecule has 2 saturated heterocycles.